The van der Waals surface area contributed by atoms with E-state index in [1.807, 2.05) is 12.1 Å². The topological polar surface area (TPSA) is 110 Å². The van der Waals surface area contributed by atoms with Crippen LogP contribution in [0.1, 0.15) is 29.6 Å². The van der Waals surface area contributed by atoms with E-state index in [0.717, 1.165) is 25.1 Å². The van der Waals surface area contributed by atoms with Gasteiger partial charge in [0.15, 0.2) is 11.5 Å². The minimum Gasteiger partial charge on any atom is -0.492 e. The molecule has 0 spiro atoms. The molecule has 1 amide bonds. The molecule has 6 rings (SSSR count). The maximum absolute atomic E-state index is 12.9. The molecule has 3 N–H and O–H groups in total. The summed E-state index contributed by atoms with van der Waals surface area (Å²) in [4.78, 5) is 25.0. The lowest BCUT2D eigenvalue weighted by Crippen LogP contribution is -2.36. The Kier molecular flexibility index (Phi) is 4.41. The van der Waals surface area contributed by atoms with Crippen molar-refractivity contribution < 1.29 is 19.0 Å². The van der Waals surface area contributed by atoms with Crippen molar-refractivity contribution in [3.05, 3.63) is 30.2 Å². The van der Waals surface area contributed by atoms with Crippen LogP contribution in [0.3, 0.4) is 0 Å². The fourth-order valence-electron chi connectivity index (χ4n) is 4.13. The van der Waals surface area contributed by atoms with Crippen molar-refractivity contribution in [2.24, 2.45) is 5.92 Å². The molecule has 2 aliphatic heterocycles. The smallest absolute Gasteiger partial charge is 0.255 e. The monoisotopic (exact) mass is 421 g/mol. The van der Waals surface area contributed by atoms with Crippen LogP contribution in [-0.2, 0) is 0 Å². The molecule has 31 heavy (non-hydrogen) atoms. The van der Waals surface area contributed by atoms with E-state index in [-0.39, 0.29) is 18.7 Å². The van der Waals surface area contributed by atoms with Crippen LogP contribution in [-0.4, -0.2) is 53.4 Å². The Labute approximate surface area is 178 Å². The van der Waals surface area contributed by atoms with E-state index in [9.17, 15) is 4.79 Å². The lowest BCUT2D eigenvalue weighted by molar-refractivity contribution is 0.0941. The molecule has 1 saturated heterocycles. The molecule has 0 radical (unpaired) electrons. The van der Waals surface area contributed by atoms with Crippen molar-refractivity contribution in [1.82, 2.24) is 25.6 Å². The molecule has 0 bridgehead atoms. The number of carbonyl (C=O) groups is 1. The molecule has 3 aliphatic rings. The third-order valence-corrected chi connectivity index (χ3v) is 6.01. The second-order valence-corrected chi connectivity index (χ2v) is 8.24. The van der Waals surface area contributed by atoms with E-state index < -0.39 is 0 Å². The first-order valence-electron chi connectivity index (χ1n) is 10.7. The van der Waals surface area contributed by atoms with Gasteiger partial charge in [0.25, 0.3) is 5.91 Å². The van der Waals surface area contributed by atoms with Crippen LogP contribution in [0.25, 0.3) is 22.3 Å². The molecule has 1 aromatic carbocycles. The first kappa shape index (κ1) is 18.4. The minimum atomic E-state index is -0.146. The zero-order valence-electron chi connectivity index (χ0n) is 16.9. The quantitative estimate of drug-likeness (QED) is 0.560. The number of carbonyl (C=O) groups excluding carboxylic acids is 1. The Balaban J connectivity index is 1.41. The van der Waals surface area contributed by atoms with Gasteiger partial charge in [-0.05, 0) is 43.9 Å². The molecular formula is C22H23N5O4. The molecule has 9 heteroatoms. The van der Waals surface area contributed by atoms with Crippen LogP contribution < -0.4 is 24.8 Å². The third kappa shape index (κ3) is 3.34. The lowest BCUT2D eigenvalue weighted by Gasteiger charge is -2.14. The molecule has 9 nitrogen and oxygen atoms in total. The van der Waals surface area contributed by atoms with Gasteiger partial charge in [0.05, 0.1) is 23.3 Å². The highest BCUT2D eigenvalue weighted by Gasteiger charge is 2.29. The second kappa shape index (κ2) is 7.42. The molecule has 3 aromatic rings. The zero-order chi connectivity index (χ0) is 20.8. The summed E-state index contributed by atoms with van der Waals surface area (Å²) in [7, 11) is 0. The van der Waals surface area contributed by atoms with Gasteiger partial charge < -0.3 is 29.8 Å². The Morgan fingerprint density at radius 3 is 3.00 bits per heavy atom. The maximum Gasteiger partial charge on any atom is 0.255 e. The number of hydrogen-bond donors (Lipinski definition) is 3. The standard InChI is InChI=1S/C22H23N5O4/c28-22(27-13-5-6-23-7-13)14-8-24-20-18(14)25-10-26-19(20)17-15(29-9-12-1-2-12)3-4-16-21(17)31-11-30-16/h3-4,8,10,12-13,23-24H,1-2,5-7,9,11H2,(H,27,28)/t13-/m0/s1. The Bertz CT molecular complexity index is 1150. The van der Waals surface area contributed by atoms with Gasteiger partial charge in [0, 0.05) is 18.8 Å². The van der Waals surface area contributed by atoms with Gasteiger partial charge in [0.1, 0.15) is 23.3 Å². The molecule has 0 unspecified atom stereocenters. The zero-order valence-corrected chi connectivity index (χ0v) is 16.9. The Morgan fingerprint density at radius 1 is 1.23 bits per heavy atom. The van der Waals surface area contributed by atoms with E-state index >= 15 is 0 Å². The summed E-state index contributed by atoms with van der Waals surface area (Å²) >= 11 is 0. The number of aromatic amines is 1. The Hall–Kier alpha value is -3.33. The lowest BCUT2D eigenvalue weighted by atomic mass is 10.1. The van der Waals surface area contributed by atoms with Crippen LogP contribution in [0.4, 0.5) is 0 Å². The highest BCUT2D eigenvalue weighted by atomic mass is 16.7. The number of amides is 1. The predicted octanol–water partition coefficient (Wildman–Crippen LogP) is 2.23. The first-order chi connectivity index (χ1) is 15.3. The van der Waals surface area contributed by atoms with Crippen LogP contribution in [0.5, 0.6) is 17.2 Å². The van der Waals surface area contributed by atoms with Crippen molar-refractivity contribution in [2.75, 3.05) is 26.5 Å². The van der Waals surface area contributed by atoms with Crippen LogP contribution >= 0.6 is 0 Å². The van der Waals surface area contributed by atoms with Crippen molar-refractivity contribution in [3.8, 4) is 28.5 Å². The molecular weight excluding hydrogens is 398 g/mol. The van der Waals surface area contributed by atoms with Gasteiger partial charge in [-0.15, -0.1) is 0 Å². The molecule has 1 aliphatic carbocycles. The van der Waals surface area contributed by atoms with Gasteiger partial charge in [-0.1, -0.05) is 0 Å². The minimum absolute atomic E-state index is 0.129. The van der Waals surface area contributed by atoms with E-state index in [1.54, 1.807) is 6.20 Å². The van der Waals surface area contributed by atoms with Gasteiger partial charge in [-0.3, -0.25) is 4.79 Å². The second-order valence-electron chi connectivity index (χ2n) is 8.24. The predicted molar refractivity (Wildman–Crippen MR) is 112 cm³/mol. The van der Waals surface area contributed by atoms with Gasteiger partial charge in [-0.25, -0.2) is 9.97 Å². The van der Waals surface area contributed by atoms with Gasteiger partial charge >= 0.3 is 0 Å². The molecule has 2 aromatic heterocycles. The number of nitrogens with zero attached hydrogens (tertiary/aromatic N) is 2. The number of fused-ring (bicyclic) bond motifs is 2. The molecule has 1 saturated carbocycles. The summed E-state index contributed by atoms with van der Waals surface area (Å²) in [5.74, 6) is 2.40. The van der Waals surface area contributed by atoms with Crippen LogP contribution in [0, 0.1) is 5.92 Å². The Morgan fingerprint density at radius 2 is 2.16 bits per heavy atom. The highest BCUT2D eigenvalue weighted by Crippen LogP contribution is 2.48. The van der Waals surface area contributed by atoms with Crippen molar-refractivity contribution >= 4 is 16.9 Å². The largest absolute Gasteiger partial charge is 0.492 e. The summed E-state index contributed by atoms with van der Waals surface area (Å²) < 4.78 is 17.5. The number of H-pyrrole nitrogens is 1. The first-order valence-corrected chi connectivity index (χ1v) is 10.7. The molecule has 4 heterocycles. The maximum atomic E-state index is 12.9. The van der Waals surface area contributed by atoms with E-state index in [2.05, 4.69) is 25.6 Å². The van der Waals surface area contributed by atoms with E-state index in [1.165, 1.54) is 19.2 Å². The fraction of sp³-hybridized carbons (Fsp3) is 0.409. The number of rotatable bonds is 6. The van der Waals surface area contributed by atoms with Crippen molar-refractivity contribution in [3.63, 3.8) is 0 Å². The molecule has 1 atom stereocenters. The van der Waals surface area contributed by atoms with Crippen LogP contribution in [0.2, 0.25) is 0 Å². The van der Waals surface area contributed by atoms with E-state index in [0.29, 0.717) is 52.1 Å². The van der Waals surface area contributed by atoms with E-state index in [4.69, 9.17) is 14.2 Å². The SMILES string of the molecule is O=C(N[C@H]1CCNC1)c1c[nH]c2c(-c3c(OCC4CC4)ccc4c3OCO4)ncnc12. The van der Waals surface area contributed by atoms with Crippen molar-refractivity contribution in [2.45, 2.75) is 25.3 Å². The highest BCUT2D eigenvalue weighted by molar-refractivity contribution is 6.08. The third-order valence-electron chi connectivity index (χ3n) is 6.01. The number of hydrogen-bond acceptors (Lipinski definition) is 7. The average molecular weight is 421 g/mol. The summed E-state index contributed by atoms with van der Waals surface area (Å²) in [6.07, 6.45) is 6.47. The molecule has 2 fully saturated rings. The number of ether oxygens (including phenoxy) is 3. The van der Waals surface area contributed by atoms with Gasteiger partial charge in [-0.2, -0.15) is 0 Å². The number of nitrogens with one attached hydrogen (secondary N) is 3. The summed E-state index contributed by atoms with van der Waals surface area (Å²) in [5, 5.41) is 6.33. The van der Waals surface area contributed by atoms with Crippen molar-refractivity contribution in [1.29, 1.82) is 0 Å². The van der Waals surface area contributed by atoms with Gasteiger partial charge in [0.2, 0.25) is 6.79 Å². The average Bonchev–Trinajstić information content (AvgIpc) is 3.16. The summed E-state index contributed by atoms with van der Waals surface area (Å²) in [6, 6.07) is 3.88. The molecule has 160 valence electrons. The van der Waals surface area contributed by atoms with Crippen LogP contribution in [0.15, 0.2) is 24.7 Å². The fourth-order valence-corrected chi connectivity index (χ4v) is 4.13. The number of benzene rings is 1. The normalized spacial score (nSPS) is 19.7. The summed E-state index contributed by atoms with van der Waals surface area (Å²) in [6.45, 7) is 2.50. The summed E-state index contributed by atoms with van der Waals surface area (Å²) in [5.41, 5.74) is 3.07. The number of aromatic nitrogens is 3.